The third-order valence-electron chi connectivity index (χ3n) is 4.25. The Balaban J connectivity index is 0.00000117. The normalized spacial score (nSPS) is 11.4. The second-order valence-electron chi connectivity index (χ2n) is 6.05. The number of hydrogen-bond acceptors (Lipinski definition) is 6. The van der Waals surface area contributed by atoms with E-state index in [1.165, 1.54) is 6.20 Å². The van der Waals surface area contributed by atoms with E-state index in [0.717, 1.165) is 22.6 Å². The molecule has 1 atom stereocenters. The minimum Gasteiger partial charge on any atom is -0.482 e. The van der Waals surface area contributed by atoms with E-state index in [2.05, 4.69) is 26.3 Å². The fourth-order valence-corrected chi connectivity index (χ4v) is 2.88. The first-order valence-electron chi connectivity index (χ1n) is 9.43. The van der Waals surface area contributed by atoms with Crippen molar-refractivity contribution in [3.05, 3.63) is 65.9 Å². The first kappa shape index (κ1) is 20.0. The van der Waals surface area contributed by atoms with Gasteiger partial charge in [0.2, 0.25) is 0 Å². The lowest BCUT2D eigenvalue weighted by Crippen LogP contribution is -2.06. The van der Waals surface area contributed by atoms with E-state index in [4.69, 9.17) is 10.5 Å². The summed E-state index contributed by atoms with van der Waals surface area (Å²) in [7, 11) is 0. The van der Waals surface area contributed by atoms with Crippen molar-refractivity contribution in [3.8, 4) is 23.1 Å². The second-order valence-corrected chi connectivity index (χ2v) is 6.05. The van der Waals surface area contributed by atoms with Crippen molar-refractivity contribution in [2.75, 3.05) is 0 Å². The molecule has 4 rings (SSSR count). The van der Waals surface area contributed by atoms with Gasteiger partial charge in [0, 0.05) is 30.2 Å². The van der Waals surface area contributed by atoms with Gasteiger partial charge in [0.1, 0.15) is 29.0 Å². The molecule has 0 aliphatic heterocycles. The van der Waals surface area contributed by atoms with Gasteiger partial charge in [0.05, 0.1) is 17.6 Å². The van der Waals surface area contributed by atoms with E-state index >= 15 is 0 Å². The van der Waals surface area contributed by atoms with Gasteiger partial charge in [-0.3, -0.25) is 10.1 Å². The summed E-state index contributed by atoms with van der Waals surface area (Å²) < 4.78 is 7.80. The smallest absolute Gasteiger partial charge is 0.148 e. The number of ether oxygens (including phenoxy) is 1. The lowest BCUT2D eigenvalue weighted by molar-refractivity contribution is 0.224. The summed E-state index contributed by atoms with van der Waals surface area (Å²) in [6.45, 7) is 6.28. The monoisotopic (exact) mass is 389 g/mol. The van der Waals surface area contributed by atoms with Gasteiger partial charge in [-0.15, -0.1) is 0 Å². The van der Waals surface area contributed by atoms with Crippen LogP contribution in [0.5, 0.6) is 5.75 Å². The lowest BCUT2D eigenvalue weighted by atomic mass is 10.1. The van der Waals surface area contributed by atoms with Crippen LogP contribution in [0, 0.1) is 11.3 Å². The summed E-state index contributed by atoms with van der Waals surface area (Å²) in [5, 5.41) is 20.9. The van der Waals surface area contributed by atoms with E-state index in [9.17, 15) is 5.26 Å². The summed E-state index contributed by atoms with van der Waals surface area (Å²) in [5.41, 5.74) is 9.85. The molecule has 0 spiro atoms. The molecule has 0 radical (unpaired) electrons. The predicted octanol–water partition coefficient (Wildman–Crippen LogP) is 3.62. The zero-order valence-electron chi connectivity index (χ0n) is 16.6. The van der Waals surface area contributed by atoms with Crippen molar-refractivity contribution in [1.29, 1.82) is 5.26 Å². The fraction of sp³-hybridized carbons (Fsp3) is 0.238. The second kappa shape index (κ2) is 8.99. The molecule has 148 valence electrons. The number of fused-ring (bicyclic) bond motifs is 1. The molecule has 0 aliphatic rings. The number of aromatic amines is 1. The molecule has 8 nitrogen and oxygen atoms in total. The van der Waals surface area contributed by atoms with E-state index in [-0.39, 0.29) is 6.10 Å². The number of rotatable bonds is 5. The van der Waals surface area contributed by atoms with Gasteiger partial charge in [0.25, 0.3) is 0 Å². The minimum absolute atomic E-state index is 0.300. The van der Waals surface area contributed by atoms with Crippen LogP contribution in [0.15, 0.2) is 48.9 Å². The summed E-state index contributed by atoms with van der Waals surface area (Å²) >= 11 is 0. The average Bonchev–Trinajstić information content (AvgIpc) is 3.42. The lowest BCUT2D eigenvalue weighted by Gasteiger charge is -2.16. The largest absolute Gasteiger partial charge is 0.482 e. The Bertz CT molecular complexity index is 1130. The number of hydrogen-bond donors (Lipinski definition) is 2. The topological polar surface area (TPSA) is 118 Å². The van der Waals surface area contributed by atoms with Crippen molar-refractivity contribution in [3.63, 3.8) is 0 Å². The van der Waals surface area contributed by atoms with Crippen LogP contribution in [0.4, 0.5) is 0 Å². The Hall–Kier alpha value is -3.70. The van der Waals surface area contributed by atoms with Gasteiger partial charge in [-0.25, -0.2) is 4.52 Å². The zero-order valence-corrected chi connectivity index (χ0v) is 16.6. The van der Waals surface area contributed by atoms with Crippen molar-refractivity contribution in [2.24, 2.45) is 5.73 Å². The molecular weight excluding hydrogens is 366 g/mol. The Labute approximate surface area is 169 Å². The molecular formula is C21H23N7O. The van der Waals surface area contributed by atoms with Crippen LogP contribution in [0.1, 0.15) is 43.8 Å². The van der Waals surface area contributed by atoms with Crippen molar-refractivity contribution in [2.45, 2.75) is 33.4 Å². The molecule has 29 heavy (non-hydrogen) atoms. The van der Waals surface area contributed by atoms with Crippen LogP contribution in [0.25, 0.3) is 16.8 Å². The molecule has 0 bridgehead atoms. The van der Waals surface area contributed by atoms with Crippen LogP contribution >= 0.6 is 0 Å². The number of nitrogens with zero attached hydrogens (tertiary/aromatic N) is 5. The van der Waals surface area contributed by atoms with Gasteiger partial charge in [-0.1, -0.05) is 19.9 Å². The van der Waals surface area contributed by atoms with E-state index in [0.29, 0.717) is 23.4 Å². The van der Waals surface area contributed by atoms with E-state index < -0.39 is 0 Å². The molecule has 4 heterocycles. The molecule has 0 amide bonds. The van der Waals surface area contributed by atoms with Crippen LogP contribution in [-0.2, 0) is 6.54 Å². The van der Waals surface area contributed by atoms with Gasteiger partial charge < -0.3 is 10.5 Å². The number of aromatic nitrogens is 5. The number of nitriles is 1. The summed E-state index contributed by atoms with van der Waals surface area (Å²) in [5.74, 6) is 0.539. The third-order valence-corrected chi connectivity index (χ3v) is 4.25. The fourth-order valence-electron chi connectivity index (χ4n) is 2.88. The maximum atomic E-state index is 9.42. The van der Waals surface area contributed by atoms with Gasteiger partial charge in [-0.05, 0) is 31.2 Å². The Morgan fingerprint density at radius 2 is 2.14 bits per heavy atom. The molecule has 0 saturated heterocycles. The molecule has 8 heteroatoms. The molecule has 4 aromatic heterocycles. The zero-order chi connectivity index (χ0) is 20.8. The minimum atomic E-state index is -0.300. The molecule has 0 aromatic carbocycles. The summed E-state index contributed by atoms with van der Waals surface area (Å²) in [4.78, 5) is 4.34. The first-order valence-corrected chi connectivity index (χ1v) is 9.43. The number of pyridine rings is 2. The standard InChI is InChI=1S/C19H17N7O.C2H6/c1-12(16-4-2-3-5-22-16)27-18-6-13(17-7-15(9-21)24-25-17)11-26-19(18)14(8-20)10-23-26;1-2/h2-7,10-12H,9,21H2,1H3,(H,24,25);1-2H3. The highest BCUT2D eigenvalue weighted by molar-refractivity contribution is 5.74. The van der Waals surface area contributed by atoms with E-state index in [1.54, 1.807) is 10.7 Å². The maximum Gasteiger partial charge on any atom is 0.148 e. The maximum absolute atomic E-state index is 9.42. The highest BCUT2D eigenvalue weighted by Crippen LogP contribution is 2.32. The highest BCUT2D eigenvalue weighted by atomic mass is 16.5. The summed E-state index contributed by atoms with van der Waals surface area (Å²) in [6.07, 6.45) is 4.75. The predicted molar refractivity (Wildman–Crippen MR) is 110 cm³/mol. The molecule has 4 aromatic rings. The third kappa shape index (κ3) is 4.10. The Morgan fingerprint density at radius 1 is 1.31 bits per heavy atom. The molecule has 0 saturated carbocycles. The number of nitrogens with two attached hydrogens (primary N) is 1. The SMILES string of the molecule is CC.CC(Oc1cc(-c2cc(CN)[nH]n2)cn2ncc(C#N)c12)c1ccccn1. The number of nitrogens with one attached hydrogen (secondary N) is 1. The molecule has 0 fully saturated rings. The van der Waals surface area contributed by atoms with Gasteiger partial charge in [-0.2, -0.15) is 15.5 Å². The van der Waals surface area contributed by atoms with Crippen LogP contribution < -0.4 is 10.5 Å². The molecule has 1 unspecified atom stereocenters. The Morgan fingerprint density at radius 3 is 2.79 bits per heavy atom. The Kier molecular flexibility index (Phi) is 6.22. The average molecular weight is 389 g/mol. The highest BCUT2D eigenvalue weighted by Gasteiger charge is 2.17. The van der Waals surface area contributed by atoms with Crippen molar-refractivity contribution < 1.29 is 4.74 Å². The van der Waals surface area contributed by atoms with Gasteiger partial charge in [0.15, 0.2) is 0 Å². The van der Waals surface area contributed by atoms with E-state index in [1.807, 2.05) is 57.3 Å². The number of H-pyrrole nitrogens is 1. The molecule has 3 N–H and O–H groups in total. The van der Waals surface area contributed by atoms with Crippen LogP contribution in [0.3, 0.4) is 0 Å². The van der Waals surface area contributed by atoms with Crippen LogP contribution in [-0.4, -0.2) is 24.8 Å². The van der Waals surface area contributed by atoms with Crippen LogP contribution in [0.2, 0.25) is 0 Å². The van der Waals surface area contributed by atoms with Gasteiger partial charge >= 0.3 is 0 Å². The van der Waals surface area contributed by atoms with Crippen molar-refractivity contribution >= 4 is 5.52 Å². The summed E-state index contributed by atoms with van der Waals surface area (Å²) in [6, 6.07) is 11.5. The first-order chi connectivity index (χ1) is 14.2. The molecule has 0 aliphatic carbocycles. The quantitative estimate of drug-likeness (QED) is 0.538. The van der Waals surface area contributed by atoms with Crippen molar-refractivity contribution in [1.82, 2.24) is 24.8 Å².